The van der Waals surface area contributed by atoms with Gasteiger partial charge in [-0.15, -0.1) is 0 Å². The van der Waals surface area contributed by atoms with Crippen LogP contribution in [0.4, 0.5) is 5.69 Å². The van der Waals surface area contributed by atoms with Gasteiger partial charge in [0.15, 0.2) is 0 Å². The third-order valence-electron chi connectivity index (χ3n) is 1.60. The van der Waals surface area contributed by atoms with Crippen LogP contribution in [0.15, 0.2) is 24.3 Å². The lowest BCUT2D eigenvalue weighted by Crippen LogP contribution is -2.00. The number of carbonyl (C=O) groups excluding carboxylic acids is 1. The van der Waals surface area contributed by atoms with E-state index in [2.05, 4.69) is 21.9 Å². The monoisotopic (exact) mass is 205 g/mol. The lowest BCUT2D eigenvalue weighted by Gasteiger charge is -2.01. The molecule has 1 aromatic rings. The van der Waals surface area contributed by atoms with E-state index in [1.165, 1.54) is 7.11 Å². The van der Waals surface area contributed by atoms with Gasteiger partial charge in [0, 0.05) is 17.7 Å². The number of anilines is 1. The number of carbonyl (C=O) groups is 1. The molecule has 0 unspecified atom stereocenters. The van der Waals surface area contributed by atoms with Crippen molar-refractivity contribution in [2.45, 2.75) is 0 Å². The van der Waals surface area contributed by atoms with E-state index in [1.807, 2.05) is 0 Å². The third kappa shape index (κ3) is 4.05. The molecule has 0 spiro atoms. The van der Waals surface area contributed by atoms with Gasteiger partial charge in [0.05, 0.1) is 13.7 Å². The summed E-state index contributed by atoms with van der Waals surface area (Å²) in [6.07, 6.45) is 0. The van der Waals surface area contributed by atoms with E-state index in [4.69, 9.17) is 5.11 Å². The topological polar surface area (TPSA) is 58.6 Å². The Hall–Kier alpha value is -2.15. The molecule has 15 heavy (non-hydrogen) atoms. The predicted molar refractivity (Wildman–Crippen MR) is 56.4 cm³/mol. The van der Waals surface area contributed by atoms with Crippen molar-refractivity contribution in [1.82, 2.24) is 0 Å². The molecule has 0 fully saturated rings. The standard InChI is InChI=1S/C11H11NO3/c1-15-11(14)6-3-7-12-9-4-2-5-10(13)8-9/h2,4-5,8,12-13H,7H2,1H3. The Kier molecular flexibility index (Phi) is 4.05. The van der Waals surface area contributed by atoms with E-state index >= 15 is 0 Å². The maximum atomic E-state index is 10.6. The molecule has 0 heterocycles. The average Bonchev–Trinajstić information content (AvgIpc) is 2.24. The molecule has 1 rings (SSSR count). The minimum atomic E-state index is -0.562. The van der Waals surface area contributed by atoms with Crippen LogP contribution < -0.4 is 5.32 Å². The fourth-order valence-corrected chi connectivity index (χ4v) is 0.930. The zero-order valence-corrected chi connectivity index (χ0v) is 8.28. The second kappa shape index (κ2) is 5.55. The van der Waals surface area contributed by atoms with Crippen molar-refractivity contribution in [1.29, 1.82) is 0 Å². The maximum absolute atomic E-state index is 10.6. The van der Waals surface area contributed by atoms with E-state index in [0.29, 0.717) is 6.54 Å². The van der Waals surface area contributed by atoms with Crippen LogP contribution in [0.2, 0.25) is 0 Å². The van der Waals surface area contributed by atoms with Crippen molar-refractivity contribution in [3.8, 4) is 17.6 Å². The zero-order chi connectivity index (χ0) is 11.1. The summed E-state index contributed by atoms with van der Waals surface area (Å²) in [5.74, 6) is 4.49. The molecular weight excluding hydrogens is 194 g/mol. The first-order valence-corrected chi connectivity index (χ1v) is 4.32. The molecular formula is C11H11NO3. The number of nitrogens with one attached hydrogen (secondary N) is 1. The van der Waals surface area contributed by atoms with E-state index < -0.39 is 5.97 Å². The van der Waals surface area contributed by atoms with Gasteiger partial charge in [-0.05, 0) is 12.1 Å². The van der Waals surface area contributed by atoms with E-state index in [9.17, 15) is 4.79 Å². The predicted octanol–water partition coefficient (Wildman–Crippen LogP) is 0.980. The van der Waals surface area contributed by atoms with Crippen LogP contribution in [-0.4, -0.2) is 24.7 Å². The number of phenols is 1. The number of hydrogen-bond acceptors (Lipinski definition) is 4. The molecule has 0 bridgehead atoms. The van der Waals surface area contributed by atoms with Gasteiger partial charge in [0.1, 0.15) is 5.75 Å². The van der Waals surface area contributed by atoms with Crippen LogP contribution in [0.1, 0.15) is 0 Å². The molecule has 0 aliphatic heterocycles. The van der Waals surface area contributed by atoms with Crippen LogP contribution >= 0.6 is 0 Å². The Morgan fingerprint density at radius 2 is 2.40 bits per heavy atom. The number of phenolic OH excluding ortho intramolecular Hbond substituents is 1. The van der Waals surface area contributed by atoms with Gasteiger partial charge in [0.2, 0.25) is 0 Å². The van der Waals surface area contributed by atoms with Crippen molar-refractivity contribution >= 4 is 11.7 Å². The molecule has 4 nitrogen and oxygen atoms in total. The summed E-state index contributed by atoms with van der Waals surface area (Å²) in [4.78, 5) is 10.6. The summed E-state index contributed by atoms with van der Waals surface area (Å²) in [5, 5.41) is 12.1. The summed E-state index contributed by atoms with van der Waals surface area (Å²) < 4.78 is 4.34. The number of hydrogen-bond donors (Lipinski definition) is 2. The fraction of sp³-hybridized carbons (Fsp3) is 0.182. The van der Waals surface area contributed by atoms with Gasteiger partial charge in [-0.2, -0.15) is 0 Å². The zero-order valence-electron chi connectivity index (χ0n) is 8.28. The van der Waals surface area contributed by atoms with Gasteiger partial charge < -0.3 is 15.2 Å². The Bertz CT molecular complexity index is 404. The Morgan fingerprint density at radius 1 is 1.60 bits per heavy atom. The van der Waals surface area contributed by atoms with Crippen LogP contribution in [-0.2, 0) is 9.53 Å². The molecule has 78 valence electrons. The molecule has 0 aliphatic rings. The Balaban J connectivity index is 2.43. The smallest absolute Gasteiger partial charge is 0.384 e. The van der Waals surface area contributed by atoms with Crippen LogP contribution in [0.5, 0.6) is 5.75 Å². The number of esters is 1. The molecule has 2 N–H and O–H groups in total. The van der Waals surface area contributed by atoms with Gasteiger partial charge in [-0.25, -0.2) is 4.79 Å². The number of methoxy groups -OCH3 is 1. The van der Waals surface area contributed by atoms with Gasteiger partial charge in [0.25, 0.3) is 0 Å². The van der Waals surface area contributed by atoms with Crippen LogP contribution in [0.3, 0.4) is 0 Å². The first kappa shape index (κ1) is 10.9. The van der Waals surface area contributed by atoms with Crippen molar-refractivity contribution in [3.63, 3.8) is 0 Å². The molecule has 4 heteroatoms. The second-order valence-corrected chi connectivity index (χ2v) is 2.70. The van der Waals surface area contributed by atoms with Crippen molar-refractivity contribution in [3.05, 3.63) is 24.3 Å². The summed E-state index contributed by atoms with van der Waals surface area (Å²) >= 11 is 0. The first-order valence-electron chi connectivity index (χ1n) is 4.32. The molecule has 0 aromatic heterocycles. The third-order valence-corrected chi connectivity index (χ3v) is 1.60. The SMILES string of the molecule is COC(=O)C#CCNc1cccc(O)c1. The lowest BCUT2D eigenvalue weighted by atomic mass is 10.3. The number of benzene rings is 1. The minimum absolute atomic E-state index is 0.181. The minimum Gasteiger partial charge on any atom is -0.508 e. The molecule has 1 aromatic carbocycles. The summed E-state index contributed by atoms with van der Waals surface area (Å²) in [7, 11) is 1.28. The first-order chi connectivity index (χ1) is 7.22. The summed E-state index contributed by atoms with van der Waals surface area (Å²) in [5.41, 5.74) is 0.745. The molecule has 0 saturated carbocycles. The largest absolute Gasteiger partial charge is 0.508 e. The van der Waals surface area contributed by atoms with Gasteiger partial charge in [-0.1, -0.05) is 12.0 Å². The van der Waals surface area contributed by atoms with Crippen molar-refractivity contribution in [2.75, 3.05) is 19.0 Å². The second-order valence-electron chi connectivity index (χ2n) is 2.70. The molecule has 0 radical (unpaired) electrons. The molecule has 0 aliphatic carbocycles. The molecule has 0 amide bonds. The van der Waals surface area contributed by atoms with Crippen LogP contribution in [0.25, 0.3) is 0 Å². The molecule has 0 saturated heterocycles. The summed E-state index contributed by atoms with van der Waals surface area (Å²) in [6.45, 7) is 0.318. The fourth-order valence-electron chi connectivity index (χ4n) is 0.930. The molecule has 0 atom stereocenters. The van der Waals surface area contributed by atoms with Crippen molar-refractivity contribution in [2.24, 2.45) is 0 Å². The van der Waals surface area contributed by atoms with Gasteiger partial charge >= 0.3 is 5.97 Å². The number of aromatic hydroxyl groups is 1. The number of rotatable bonds is 2. The average molecular weight is 205 g/mol. The normalized spacial score (nSPS) is 8.60. The van der Waals surface area contributed by atoms with Crippen molar-refractivity contribution < 1.29 is 14.6 Å². The maximum Gasteiger partial charge on any atom is 0.384 e. The Morgan fingerprint density at radius 3 is 3.07 bits per heavy atom. The van der Waals surface area contributed by atoms with E-state index in [-0.39, 0.29) is 5.75 Å². The quantitative estimate of drug-likeness (QED) is 0.429. The van der Waals surface area contributed by atoms with E-state index in [0.717, 1.165) is 5.69 Å². The lowest BCUT2D eigenvalue weighted by molar-refractivity contribution is -0.133. The highest BCUT2D eigenvalue weighted by Crippen LogP contribution is 2.14. The highest BCUT2D eigenvalue weighted by atomic mass is 16.5. The highest BCUT2D eigenvalue weighted by Gasteiger charge is 1.91. The van der Waals surface area contributed by atoms with Crippen LogP contribution in [0, 0.1) is 11.8 Å². The van der Waals surface area contributed by atoms with Gasteiger partial charge in [-0.3, -0.25) is 0 Å². The van der Waals surface area contributed by atoms with E-state index in [1.54, 1.807) is 24.3 Å². The number of ether oxygens (including phenoxy) is 1. The summed E-state index contributed by atoms with van der Waals surface area (Å²) in [6, 6.07) is 6.65. The Labute approximate surface area is 87.9 Å². The highest BCUT2D eigenvalue weighted by molar-refractivity contribution is 5.88.